The first-order valence-electron chi connectivity index (χ1n) is 9.16. The SMILES string of the molecule is CC(Cn1cncc1-c1cnn(-c2ccccc2)c1)N1CCCCC1.Cl. The topological polar surface area (TPSA) is 38.9 Å². The van der Waals surface area contributed by atoms with Gasteiger partial charge in [-0.25, -0.2) is 9.67 Å². The molecule has 0 spiro atoms. The first kappa shape index (κ1) is 18.7. The number of likely N-dealkylation sites (tertiary alicyclic amines) is 1. The lowest BCUT2D eigenvalue weighted by molar-refractivity contribution is 0.160. The maximum Gasteiger partial charge on any atom is 0.0951 e. The van der Waals surface area contributed by atoms with Gasteiger partial charge in [-0.3, -0.25) is 4.90 Å². The van der Waals surface area contributed by atoms with E-state index in [1.54, 1.807) is 0 Å². The van der Waals surface area contributed by atoms with Crippen molar-refractivity contribution in [3.63, 3.8) is 0 Å². The summed E-state index contributed by atoms with van der Waals surface area (Å²) >= 11 is 0. The zero-order valence-corrected chi connectivity index (χ0v) is 16.0. The Balaban J connectivity index is 0.00000196. The fraction of sp³-hybridized carbons (Fsp3) is 0.400. The van der Waals surface area contributed by atoms with Gasteiger partial charge >= 0.3 is 0 Å². The van der Waals surface area contributed by atoms with Gasteiger partial charge in [0.05, 0.1) is 30.1 Å². The molecule has 0 amide bonds. The van der Waals surface area contributed by atoms with Crippen LogP contribution in [0.2, 0.25) is 0 Å². The van der Waals surface area contributed by atoms with Crippen molar-refractivity contribution in [2.24, 2.45) is 0 Å². The first-order chi connectivity index (χ1) is 12.3. The van der Waals surface area contributed by atoms with Gasteiger partial charge in [-0.1, -0.05) is 24.6 Å². The zero-order chi connectivity index (χ0) is 17.1. The van der Waals surface area contributed by atoms with Gasteiger partial charge in [0.15, 0.2) is 0 Å². The van der Waals surface area contributed by atoms with E-state index < -0.39 is 0 Å². The largest absolute Gasteiger partial charge is 0.329 e. The smallest absolute Gasteiger partial charge is 0.0951 e. The number of rotatable bonds is 5. The minimum absolute atomic E-state index is 0. The molecule has 4 rings (SSSR count). The summed E-state index contributed by atoms with van der Waals surface area (Å²) in [6.45, 7) is 5.72. The van der Waals surface area contributed by atoms with Crippen LogP contribution in [0.3, 0.4) is 0 Å². The lowest BCUT2D eigenvalue weighted by Gasteiger charge is -2.32. The van der Waals surface area contributed by atoms with E-state index >= 15 is 0 Å². The Morgan fingerprint density at radius 2 is 1.81 bits per heavy atom. The van der Waals surface area contributed by atoms with E-state index in [-0.39, 0.29) is 12.4 Å². The fourth-order valence-electron chi connectivity index (χ4n) is 3.64. The van der Waals surface area contributed by atoms with Crippen molar-refractivity contribution in [2.75, 3.05) is 13.1 Å². The molecule has 3 aromatic rings. The van der Waals surface area contributed by atoms with E-state index in [4.69, 9.17) is 0 Å². The highest BCUT2D eigenvalue weighted by atomic mass is 35.5. The normalized spacial score (nSPS) is 16.2. The lowest BCUT2D eigenvalue weighted by atomic mass is 10.1. The van der Waals surface area contributed by atoms with Crippen molar-refractivity contribution in [3.8, 4) is 16.9 Å². The van der Waals surface area contributed by atoms with Crippen LogP contribution in [0.15, 0.2) is 55.2 Å². The Kier molecular flexibility index (Phi) is 6.12. The third kappa shape index (κ3) is 4.00. The molecule has 1 aromatic carbocycles. The Bertz CT molecular complexity index is 804. The number of imidazole rings is 1. The molecule has 1 aliphatic heterocycles. The van der Waals surface area contributed by atoms with Crippen LogP contribution < -0.4 is 0 Å². The molecule has 6 heteroatoms. The molecular weight excluding hydrogens is 346 g/mol. The molecule has 0 saturated carbocycles. The summed E-state index contributed by atoms with van der Waals surface area (Å²) < 4.78 is 4.17. The van der Waals surface area contributed by atoms with Crippen molar-refractivity contribution >= 4 is 12.4 Å². The summed E-state index contributed by atoms with van der Waals surface area (Å²) in [4.78, 5) is 6.98. The van der Waals surface area contributed by atoms with Crippen molar-refractivity contribution in [1.82, 2.24) is 24.2 Å². The highest BCUT2D eigenvalue weighted by Crippen LogP contribution is 2.21. The van der Waals surface area contributed by atoms with E-state index in [2.05, 4.69) is 44.8 Å². The molecule has 0 N–H and O–H groups in total. The Labute approximate surface area is 161 Å². The molecule has 26 heavy (non-hydrogen) atoms. The monoisotopic (exact) mass is 371 g/mol. The predicted molar refractivity (Wildman–Crippen MR) is 107 cm³/mol. The van der Waals surface area contributed by atoms with E-state index in [0.717, 1.165) is 23.5 Å². The number of para-hydroxylation sites is 1. The number of benzene rings is 1. The van der Waals surface area contributed by atoms with Crippen LogP contribution in [-0.2, 0) is 6.54 Å². The first-order valence-corrected chi connectivity index (χ1v) is 9.16. The second kappa shape index (κ2) is 8.52. The lowest BCUT2D eigenvalue weighted by Crippen LogP contribution is -2.39. The number of hydrogen-bond donors (Lipinski definition) is 0. The van der Waals surface area contributed by atoms with Crippen LogP contribution in [0.4, 0.5) is 0 Å². The quantitative estimate of drug-likeness (QED) is 0.679. The Hall–Kier alpha value is -2.11. The Morgan fingerprint density at radius 3 is 2.58 bits per heavy atom. The molecule has 5 nitrogen and oxygen atoms in total. The molecule has 3 heterocycles. The minimum atomic E-state index is 0. The predicted octanol–water partition coefficient (Wildman–Crippen LogP) is 4.03. The van der Waals surface area contributed by atoms with Crippen molar-refractivity contribution in [2.45, 2.75) is 38.8 Å². The highest BCUT2D eigenvalue weighted by molar-refractivity contribution is 5.85. The molecule has 138 valence electrons. The van der Waals surface area contributed by atoms with Crippen LogP contribution in [0, 0.1) is 0 Å². The molecule has 0 aliphatic carbocycles. The average molecular weight is 372 g/mol. The van der Waals surface area contributed by atoms with Gasteiger partial charge in [0, 0.05) is 24.3 Å². The molecule has 0 bridgehead atoms. The number of halogens is 1. The van der Waals surface area contributed by atoms with E-state index in [0.29, 0.717) is 6.04 Å². The van der Waals surface area contributed by atoms with Gasteiger partial charge in [-0.2, -0.15) is 5.10 Å². The standard InChI is InChI=1S/C20H25N5.ClH/c1-17(23-10-6-3-7-11-23)14-24-16-21-13-20(24)18-12-22-25(15-18)19-8-4-2-5-9-19;/h2,4-5,8-9,12-13,15-17H,3,6-7,10-11,14H2,1H3;1H. The molecule has 1 atom stereocenters. The van der Waals surface area contributed by atoms with Crippen LogP contribution in [0.25, 0.3) is 16.9 Å². The third-order valence-corrected chi connectivity index (χ3v) is 5.09. The van der Waals surface area contributed by atoms with Crippen LogP contribution >= 0.6 is 12.4 Å². The van der Waals surface area contributed by atoms with Gasteiger partial charge in [0.25, 0.3) is 0 Å². The maximum absolute atomic E-state index is 4.52. The van der Waals surface area contributed by atoms with Crippen LogP contribution in [0.1, 0.15) is 26.2 Å². The second-order valence-corrected chi connectivity index (χ2v) is 6.89. The van der Waals surface area contributed by atoms with Gasteiger partial charge < -0.3 is 4.57 Å². The maximum atomic E-state index is 4.52. The number of aromatic nitrogens is 4. The van der Waals surface area contributed by atoms with Gasteiger partial charge in [-0.05, 0) is 45.0 Å². The highest BCUT2D eigenvalue weighted by Gasteiger charge is 2.18. The van der Waals surface area contributed by atoms with Crippen LogP contribution in [0.5, 0.6) is 0 Å². The molecular formula is C20H26ClN5. The molecule has 1 aliphatic rings. The number of hydrogen-bond acceptors (Lipinski definition) is 3. The zero-order valence-electron chi connectivity index (χ0n) is 15.2. The van der Waals surface area contributed by atoms with E-state index in [9.17, 15) is 0 Å². The minimum Gasteiger partial charge on any atom is -0.329 e. The van der Waals surface area contributed by atoms with E-state index in [1.165, 1.54) is 32.4 Å². The third-order valence-electron chi connectivity index (χ3n) is 5.09. The summed E-state index contributed by atoms with van der Waals surface area (Å²) in [7, 11) is 0. The second-order valence-electron chi connectivity index (χ2n) is 6.89. The molecule has 1 unspecified atom stereocenters. The van der Waals surface area contributed by atoms with Crippen molar-refractivity contribution < 1.29 is 0 Å². The van der Waals surface area contributed by atoms with E-state index in [1.807, 2.05) is 41.6 Å². The summed E-state index contributed by atoms with van der Waals surface area (Å²) in [5, 5.41) is 4.52. The Morgan fingerprint density at radius 1 is 1.04 bits per heavy atom. The number of nitrogens with zero attached hydrogens (tertiary/aromatic N) is 5. The molecule has 2 aromatic heterocycles. The fourth-order valence-corrected chi connectivity index (χ4v) is 3.64. The van der Waals surface area contributed by atoms with Crippen molar-refractivity contribution in [1.29, 1.82) is 0 Å². The molecule has 1 fully saturated rings. The van der Waals surface area contributed by atoms with Crippen molar-refractivity contribution in [3.05, 3.63) is 55.2 Å². The molecule has 1 saturated heterocycles. The van der Waals surface area contributed by atoms with Gasteiger partial charge in [0.1, 0.15) is 0 Å². The summed E-state index contributed by atoms with van der Waals surface area (Å²) in [6.07, 6.45) is 11.9. The van der Waals surface area contributed by atoms with Gasteiger partial charge in [-0.15, -0.1) is 12.4 Å². The van der Waals surface area contributed by atoms with Gasteiger partial charge in [0.2, 0.25) is 0 Å². The van der Waals surface area contributed by atoms with Crippen LogP contribution in [-0.4, -0.2) is 43.4 Å². The summed E-state index contributed by atoms with van der Waals surface area (Å²) in [5.41, 5.74) is 3.31. The average Bonchev–Trinajstić information content (AvgIpc) is 3.32. The summed E-state index contributed by atoms with van der Waals surface area (Å²) in [6, 6.07) is 10.7. The molecule has 0 radical (unpaired) electrons. The summed E-state index contributed by atoms with van der Waals surface area (Å²) in [5.74, 6) is 0. The number of piperidine rings is 1.